The van der Waals surface area contributed by atoms with Crippen molar-refractivity contribution in [1.82, 2.24) is 0 Å². The molecule has 0 spiro atoms. The van der Waals surface area contributed by atoms with Gasteiger partial charge in [0.15, 0.2) is 0 Å². The van der Waals surface area contributed by atoms with Crippen LogP contribution in [-0.2, 0) is 6.42 Å². The van der Waals surface area contributed by atoms with Crippen molar-refractivity contribution in [3.8, 4) is 0 Å². The summed E-state index contributed by atoms with van der Waals surface area (Å²) in [6.07, 6.45) is 1.11. The van der Waals surface area contributed by atoms with Gasteiger partial charge in [-0.1, -0.05) is 51.1 Å². The van der Waals surface area contributed by atoms with Crippen LogP contribution < -0.4 is 0 Å². The van der Waals surface area contributed by atoms with Crippen molar-refractivity contribution >= 4 is 10.8 Å². The molecule has 0 saturated heterocycles. The first kappa shape index (κ1) is 12.8. The maximum absolute atomic E-state index is 2.29. The minimum Gasteiger partial charge on any atom is -0.0683 e. The molecule has 0 unspecified atom stereocenters. The summed E-state index contributed by atoms with van der Waals surface area (Å²) in [5.74, 6) is 0. The summed E-state index contributed by atoms with van der Waals surface area (Å²) in [7, 11) is 0. The molecule has 0 heterocycles. The van der Waals surface area contributed by atoms with E-state index in [4.69, 9.17) is 0 Å². The molecular formula is C16H22. The summed E-state index contributed by atoms with van der Waals surface area (Å²) in [5.41, 5.74) is 4.17. The van der Waals surface area contributed by atoms with Gasteiger partial charge in [0.2, 0.25) is 0 Å². The maximum atomic E-state index is 2.29. The molecule has 0 aromatic heterocycles. The van der Waals surface area contributed by atoms with E-state index in [-0.39, 0.29) is 0 Å². The first-order chi connectivity index (χ1) is 7.70. The summed E-state index contributed by atoms with van der Waals surface area (Å²) < 4.78 is 0. The molecule has 0 aliphatic rings. The smallest absolute Gasteiger partial charge is 0.0178 e. The number of rotatable bonds is 1. The van der Waals surface area contributed by atoms with E-state index in [1.807, 2.05) is 13.8 Å². The Morgan fingerprint density at radius 2 is 1.38 bits per heavy atom. The van der Waals surface area contributed by atoms with Gasteiger partial charge in [-0.2, -0.15) is 0 Å². The fraction of sp³-hybridized carbons (Fsp3) is 0.375. The Balaban J connectivity index is 0.000000606. The molecule has 2 rings (SSSR count). The molecule has 0 radical (unpaired) electrons. The van der Waals surface area contributed by atoms with Crippen molar-refractivity contribution in [3.63, 3.8) is 0 Å². The molecule has 86 valence electrons. The molecule has 0 amide bonds. The molecule has 0 aliphatic heterocycles. The van der Waals surface area contributed by atoms with E-state index in [1.165, 1.54) is 27.5 Å². The van der Waals surface area contributed by atoms with Crippen molar-refractivity contribution in [2.75, 3.05) is 0 Å². The van der Waals surface area contributed by atoms with Crippen LogP contribution in [0.2, 0.25) is 0 Å². The lowest BCUT2D eigenvalue weighted by Gasteiger charge is -2.05. The highest BCUT2D eigenvalue weighted by molar-refractivity contribution is 5.84. The average Bonchev–Trinajstić information content (AvgIpc) is 2.33. The minimum atomic E-state index is 1.11. The maximum Gasteiger partial charge on any atom is -0.0178 e. The largest absolute Gasteiger partial charge is 0.0683 e. The van der Waals surface area contributed by atoms with E-state index in [0.717, 1.165) is 6.42 Å². The van der Waals surface area contributed by atoms with E-state index in [2.05, 4.69) is 51.1 Å². The van der Waals surface area contributed by atoms with Crippen LogP contribution in [0.25, 0.3) is 10.8 Å². The fourth-order valence-electron chi connectivity index (χ4n) is 1.79. The standard InChI is InChI=1S/C14H16.C2H6/c1-4-12-5-6-13-7-10(2)11(3)8-14(13)9-12;1-2/h5-9H,4H2,1-3H3;1-2H3. The van der Waals surface area contributed by atoms with Crippen LogP contribution in [0.1, 0.15) is 37.5 Å². The fourth-order valence-corrected chi connectivity index (χ4v) is 1.79. The molecule has 0 atom stereocenters. The van der Waals surface area contributed by atoms with Gasteiger partial charge in [-0.05, 0) is 47.7 Å². The summed E-state index contributed by atoms with van der Waals surface area (Å²) in [4.78, 5) is 0. The monoisotopic (exact) mass is 214 g/mol. The lowest BCUT2D eigenvalue weighted by Crippen LogP contribution is -1.84. The molecule has 0 fully saturated rings. The van der Waals surface area contributed by atoms with Crippen LogP contribution in [0.4, 0.5) is 0 Å². The molecule has 0 saturated carbocycles. The summed E-state index contributed by atoms with van der Waals surface area (Å²) in [6, 6.07) is 11.3. The number of benzene rings is 2. The van der Waals surface area contributed by atoms with Gasteiger partial charge in [0.1, 0.15) is 0 Å². The van der Waals surface area contributed by atoms with E-state index in [1.54, 1.807) is 0 Å². The van der Waals surface area contributed by atoms with Gasteiger partial charge in [-0.3, -0.25) is 0 Å². The van der Waals surface area contributed by atoms with E-state index in [0.29, 0.717) is 0 Å². The number of hydrogen-bond acceptors (Lipinski definition) is 0. The second-order valence-corrected chi connectivity index (χ2v) is 3.97. The molecule has 0 bridgehead atoms. The Labute approximate surface area is 99.3 Å². The number of aryl methyl sites for hydroxylation is 3. The van der Waals surface area contributed by atoms with Gasteiger partial charge in [0.25, 0.3) is 0 Å². The first-order valence-electron chi connectivity index (χ1n) is 6.20. The van der Waals surface area contributed by atoms with Crippen molar-refractivity contribution in [2.24, 2.45) is 0 Å². The van der Waals surface area contributed by atoms with Crippen molar-refractivity contribution in [3.05, 3.63) is 47.0 Å². The van der Waals surface area contributed by atoms with Crippen LogP contribution >= 0.6 is 0 Å². The van der Waals surface area contributed by atoms with Crippen LogP contribution in [0.3, 0.4) is 0 Å². The third-order valence-corrected chi connectivity index (χ3v) is 2.93. The SMILES string of the molecule is CC.CCc1ccc2cc(C)c(C)cc2c1. The minimum absolute atomic E-state index is 1.11. The third-order valence-electron chi connectivity index (χ3n) is 2.93. The van der Waals surface area contributed by atoms with Gasteiger partial charge < -0.3 is 0 Å². The molecule has 0 heteroatoms. The van der Waals surface area contributed by atoms with Gasteiger partial charge in [-0.25, -0.2) is 0 Å². The topological polar surface area (TPSA) is 0 Å². The molecule has 2 aromatic rings. The number of fused-ring (bicyclic) bond motifs is 1. The molecule has 0 aliphatic carbocycles. The Bertz CT molecular complexity index is 467. The number of hydrogen-bond donors (Lipinski definition) is 0. The van der Waals surface area contributed by atoms with E-state index in [9.17, 15) is 0 Å². The predicted molar refractivity (Wildman–Crippen MR) is 74.1 cm³/mol. The highest BCUT2D eigenvalue weighted by Crippen LogP contribution is 2.20. The predicted octanol–water partition coefficient (Wildman–Crippen LogP) is 5.05. The molecule has 2 aromatic carbocycles. The molecular weight excluding hydrogens is 192 g/mol. The second kappa shape index (κ2) is 5.69. The average molecular weight is 214 g/mol. The lowest BCUT2D eigenvalue weighted by molar-refractivity contribution is 1.15. The van der Waals surface area contributed by atoms with Crippen molar-refractivity contribution < 1.29 is 0 Å². The Morgan fingerprint density at radius 1 is 0.812 bits per heavy atom. The zero-order valence-electron chi connectivity index (χ0n) is 11.1. The summed E-state index contributed by atoms with van der Waals surface area (Å²) >= 11 is 0. The lowest BCUT2D eigenvalue weighted by atomic mass is 10.0. The van der Waals surface area contributed by atoms with E-state index < -0.39 is 0 Å². The van der Waals surface area contributed by atoms with Crippen LogP contribution in [0.15, 0.2) is 30.3 Å². The third kappa shape index (κ3) is 2.63. The van der Waals surface area contributed by atoms with Crippen molar-refractivity contribution in [2.45, 2.75) is 41.0 Å². The van der Waals surface area contributed by atoms with Gasteiger partial charge in [-0.15, -0.1) is 0 Å². The van der Waals surface area contributed by atoms with Gasteiger partial charge in [0, 0.05) is 0 Å². The Hall–Kier alpha value is -1.30. The Kier molecular flexibility index (Phi) is 4.54. The first-order valence-corrected chi connectivity index (χ1v) is 6.20. The normalized spacial score (nSPS) is 9.81. The van der Waals surface area contributed by atoms with Crippen LogP contribution in [0, 0.1) is 13.8 Å². The highest BCUT2D eigenvalue weighted by Gasteiger charge is 1.98. The van der Waals surface area contributed by atoms with Gasteiger partial charge >= 0.3 is 0 Å². The molecule has 0 N–H and O–H groups in total. The van der Waals surface area contributed by atoms with Crippen LogP contribution in [-0.4, -0.2) is 0 Å². The zero-order chi connectivity index (χ0) is 12.1. The zero-order valence-corrected chi connectivity index (χ0v) is 11.1. The quantitative estimate of drug-likeness (QED) is 0.623. The Morgan fingerprint density at radius 3 is 1.94 bits per heavy atom. The second-order valence-electron chi connectivity index (χ2n) is 3.97. The summed E-state index contributed by atoms with van der Waals surface area (Å²) in [5, 5.41) is 2.72. The summed E-state index contributed by atoms with van der Waals surface area (Å²) in [6.45, 7) is 10.5. The molecule has 16 heavy (non-hydrogen) atoms. The van der Waals surface area contributed by atoms with Gasteiger partial charge in [0.05, 0.1) is 0 Å². The van der Waals surface area contributed by atoms with Crippen molar-refractivity contribution in [1.29, 1.82) is 0 Å². The van der Waals surface area contributed by atoms with E-state index >= 15 is 0 Å². The molecule has 0 nitrogen and oxygen atoms in total. The highest BCUT2D eigenvalue weighted by atomic mass is 14.0. The van der Waals surface area contributed by atoms with Crippen LogP contribution in [0.5, 0.6) is 0 Å².